The molecule has 2 heteroatoms. The molecule has 2 aromatic carbocycles. The van der Waals surface area contributed by atoms with Gasteiger partial charge in [-0.05, 0) is 37.2 Å². The first-order valence-electron chi connectivity index (χ1n) is 5.97. The minimum absolute atomic E-state index is 0.106. The van der Waals surface area contributed by atoms with Crippen molar-refractivity contribution in [1.29, 1.82) is 0 Å². The quantitative estimate of drug-likeness (QED) is 0.595. The predicted octanol–water partition coefficient (Wildman–Crippen LogP) is 3.34. The van der Waals surface area contributed by atoms with Crippen LogP contribution in [0.4, 0.5) is 0 Å². The van der Waals surface area contributed by atoms with Crippen molar-refractivity contribution in [2.75, 3.05) is 0 Å². The van der Waals surface area contributed by atoms with Crippen molar-refractivity contribution in [3.63, 3.8) is 0 Å². The van der Waals surface area contributed by atoms with Gasteiger partial charge in [-0.2, -0.15) is 0 Å². The molecule has 0 aliphatic rings. The average molecular weight is 256 g/mol. The van der Waals surface area contributed by atoms with E-state index in [0.717, 1.165) is 27.6 Å². The summed E-state index contributed by atoms with van der Waals surface area (Å²) < 4.78 is 0. The number of rotatable bonds is 2. The molecule has 18 heavy (non-hydrogen) atoms. The highest BCUT2D eigenvalue weighted by Gasteiger charge is 2.14. The molecule has 1 nitrogen and oxygen atoms in total. The van der Waals surface area contributed by atoms with Crippen LogP contribution in [0.2, 0.25) is 0 Å². The summed E-state index contributed by atoms with van der Waals surface area (Å²) in [6, 6.07) is 11.8. The Morgan fingerprint density at radius 2 is 1.44 bits per heavy atom. The molecular formula is C16H17OP. The number of ketones is 1. The number of benzene rings is 2. The van der Waals surface area contributed by atoms with Crippen LogP contribution >= 0.6 is 9.24 Å². The fourth-order valence-electron chi connectivity index (χ4n) is 2.32. The summed E-state index contributed by atoms with van der Waals surface area (Å²) in [6.07, 6.45) is 0. The second kappa shape index (κ2) is 5.04. The van der Waals surface area contributed by atoms with Gasteiger partial charge in [-0.25, -0.2) is 0 Å². The summed E-state index contributed by atoms with van der Waals surface area (Å²) in [5, 5.41) is 1.09. The van der Waals surface area contributed by atoms with Gasteiger partial charge in [-0.15, -0.1) is 9.24 Å². The average Bonchev–Trinajstić information content (AvgIpc) is 2.28. The van der Waals surface area contributed by atoms with Crippen LogP contribution in [0.1, 0.15) is 32.6 Å². The van der Waals surface area contributed by atoms with Crippen LogP contribution in [-0.4, -0.2) is 5.78 Å². The van der Waals surface area contributed by atoms with Gasteiger partial charge < -0.3 is 0 Å². The highest BCUT2D eigenvalue weighted by Crippen LogP contribution is 2.20. The van der Waals surface area contributed by atoms with Gasteiger partial charge >= 0.3 is 0 Å². The predicted molar refractivity (Wildman–Crippen MR) is 79.9 cm³/mol. The molecule has 0 fully saturated rings. The van der Waals surface area contributed by atoms with Crippen LogP contribution in [0, 0.1) is 20.8 Å². The molecule has 0 bridgehead atoms. The molecule has 0 heterocycles. The third kappa shape index (κ3) is 2.52. The van der Waals surface area contributed by atoms with Crippen molar-refractivity contribution in [1.82, 2.24) is 0 Å². The zero-order chi connectivity index (χ0) is 13.3. The van der Waals surface area contributed by atoms with Gasteiger partial charge in [0.1, 0.15) is 0 Å². The first-order valence-corrected chi connectivity index (χ1v) is 6.55. The number of carbonyl (C=O) groups is 1. The lowest BCUT2D eigenvalue weighted by atomic mass is 9.93. The van der Waals surface area contributed by atoms with E-state index in [2.05, 4.69) is 28.3 Å². The maximum atomic E-state index is 12.5. The van der Waals surface area contributed by atoms with Crippen molar-refractivity contribution in [3.05, 3.63) is 64.2 Å². The largest absolute Gasteiger partial charge is 0.289 e. The van der Waals surface area contributed by atoms with E-state index in [1.165, 1.54) is 5.56 Å². The molecule has 0 spiro atoms. The third-order valence-electron chi connectivity index (χ3n) is 3.08. The van der Waals surface area contributed by atoms with E-state index < -0.39 is 0 Å². The van der Waals surface area contributed by atoms with Crippen LogP contribution < -0.4 is 5.30 Å². The number of aryl methyl sites for hydroxylation is 3. The number of carbonyl (C=O) groups excluding carboxylic acids is 1. The maximum Gasteiger partial charge on any atom is 0.193 e. The molecule has 1 atom stereocenters. The smallest absolute Gasteiger partial charge is 0.193 e. The molecule has 0 saturated heterocycles. The monoisotopic (exact) mass is 256 g/mol. The van der Waals surface area contributed by atoms with Crippen molar-refractivity contribution in [2.45, 2.75) is 20.8 Å². The second-order valence-electron chi connectivity index (χ2n) is 4.72. The highest BCUT2D eigenvalue weighted by atomic mass is 31.0. The van der Waals surface area contributed by atoms with Crippen molar-refractivity contribution in [3.8, 4) is 0 Å². The molecule has 1 unspecified atom stereocenters. The van der Waals surface area contributed by atoms with Crippen molar-refractivity contribution in [2.24, 2.45) is 0 Å². The van der Waals surface area contributed by atoms with Crippen LogP contribution in [0.25, 0.3) is 0 Å². The van der Waals surface area contributed by atoms with Gasteiger partial charge in [0, 0.05) is 11.1 Å². The Bertz CT molecular complexity index is 574. The Morgan fingerprint density at radius 3 is 1.94 bits per heavy atom. The Kier molecular flexibility index (Phi) is 3.63. The zero-order valence-electron chi connectivity index (χ0n) is 10.9. The lowest BCUT2D eigenvalue weighted by Crippen LogP contribution is -2.07. The fraction of sp³-hybridized carbons (Fsp3) is 0.188. The number of hydrogen-bond donors (Lipinski definition) is 0. The maximum absolute atomic E-state index is 12.5. The van der Waals surface area contributed by atoms with Crippen molar-refractivity contribution >= 4 is 20.3 Å². The minimum atomic E-state index is 0.106. The second-order valence-corrected chi connectivity index (χ2v) is 5.39. The van der Waals surface area contributed by atoms with E-state index in [1.807, 2.05) is 38.1 Å². The summed E-state index contributed by atoms with van der Waals surface area (Å²) in [7, 11) is 2.63. The molecule has 0 saturated carbocycles. The summed E-state index contributed by atoms with van der Waals surface area (Å²) in [4.78, 5) is 12.5. The van der Waals surface area contributed by atoms with Gasteiger partial charge in [0.05, 0.1) is 0 Å². The van der Waals surface area contributed by atoms with E-state index in [0.29, 0.717) is 0 Å². The summed E-state index contributed by atoms with van der Waals surface area (Å²) >= 11 is 0. The zero-order valence-corrected chi connectivity index (χ0v) is 12.1. The summed E-state index contributed by atoms with van der Waals surface area (Å²) in [5.41, 5.74) is 4.87. The van der Waals surface area contributed by atoms with Gasteiger partial charge in [-0.1, -0.05) is 42.0 Å². The first-order chi connectivity index (χ1) is 8.49. The van der Waals surface area contributed by atoms with E-state index in [9.17, 15) is 4.79 Å². The Hall–Kier alpha value is -1.46. The van der Waals surface area contributed by atoms with Crippen LogP contribution in [0.5, 0.6) is 0 Å². The van der Waals surface area contributed by atoms with E-state index in [4.69, 9.17) is 0 Å². The third-order valence-corrected chi connectivity index (χ3v) is 3.46. The minimum Gasteiger partial charge on any atom is -0.289 e. The summed E-state index contributed by atoms with van der Waals surface area (Å²) in [5.74, 6) is 0.106. The molecule has 0 aliphatic heterocycles. The Morgan fingerprint density at radius 1 is 0.944 bits per heavy atom. The standard InChI is InChI=1S/C16H17OP/c1-10-8-11(2)15(12(3)9-10)16(17)13-4-6-14(18)7-5-13/h4-9H,18H2,1-3H3. The van der Waals surface area contributed by atoms with E-state index in [-0.39, 0.29) is 5.78 Å². The van der Waals surface area contributed by atoms with E-state index in [1.54, 1.807) is 0 Å². The van der Waals surface area contributed by atoms with Crippen LogP contribution in [0.3, 0.4) is 0 Å². The van der Waals surface area contributed by atoms with Gasteiger partial charge in [0.2, 0.25) is 0 Å². The van der Waals surface area contributed by atoms with Gasteiger partial charge in [0.15, 0.2) is 5.78 Å². The van der Waals surface area contributed by atoms with Crippen molar-refractivity contribution < 1.29 is 4.79 Å². The van der Waals surface area contributed by atoms with Crippen LogP contribution in [-0.2, 0) is 0 Å². The van der Waals surface area contributed by atoms with Crippen LogP contribution in [0.15, 0.2) is 36.4 Å². The van der Waals surface area contributed by atoms with Gasteiger partial charge in [-0.3, -0.25) is 4.79 Å². The summed E-state index contributed by atoms with van der Waals surface area (Å²) in [6.45, 7) is 6.05. The van der Waals surface area contributed by atoms with Gasteiger partial charge in [0.25, 0.3) is 0 Å². The Labute approximate surface area is 110 Å². The molecular weight excluding hydrogens is 239 g/mol. The molecule has 92 valence electrons. The number of hydrogen-bond acceptors (Lipinski definition) is 1. The lowest BCUT2D eigenvalue weighted by Gasteiger charge is -2.10. The fourth-order valence-corrected chi connectivity index (χ4v) is 2.51. The lowest BCUT2D eigenvalue weighted by molar-refractivity contribution is 0.103. The topological polar surface area (TPSA) is 17.1 Å². The highest BCUT2D eigenvalue weighted by molar-refractivity contribution is 7.27. The van der Waals surface area contributed by atoms with E-state index >= 15 is 0 Å². The molecule has 0 aliphatic carbocycles. The first kappa shape index (κ1) is 13.0. The normalized spacial score (nSPS) is 10.4. The Balaban J connectivity index is 2.49. The molecule has 0 amide bonds. The molecule has 0 N–H and O–H groups in total. The molecule has 2 rings (SSSR count). The molecule has 0 aromatic heterocycles. The SMILES string of the molecule is Cc1cc(C)c(C(=O)c2ccc(P)cc2)c(C)c1. The molecule has 0 radical (unpaired) electrons. The molecule has 2 aromatic rings.